The lowest BCUT2D eigenvalue weighted by molar-refractivity contribution is 1.13. The molecule has 0 atom stereocenters. The van der Waals surface area contributed by atoms with Gasteiger partial charge in [-0.2, -0.15) is 5.26 Å². The van der Waals surface area contributed by atoms with E-state index in [9.17, 15) is 0 Å². The van der Waals surface area contributed by atoms with Gasteiger partial charge in [0, 0.05) is 25.2 Å². The highest BCUT2D eigenvalue weighted by Crippen LogP contribution is 2.29. The van der Waals surface area contributed by atoms with Crippen molar-refractivity contribution in [2.45, 2.75) is 0 Å². The summed E-state index contributed by atoms with van der Waals surface area (Å²) in [5.74, 6) is 0. The van der Waals surface area contributed by atoms with Crippen molar-refractivity contribution in [1.29, 1.82) is 5.26 Å². The van der Waals surface area contributed by atoms with E-state index in [1.165, 1.54) is 0 Å². The van der Waals surface area contributed by atoms with Crippen LogP contribution in [0.2, 0.25) is 5.02 Å². The van der Waals surface area contributed by atoms with E-state index in [0.29, 0.717) is 16.2 Å². The molecule has 0 bridgehead atoms. The molecule has 0 aliphatic rings. The molecule has 1 aromatic heterocycles. The van der Waals surface area contributed by atoms with Crippen LogP contribution >= 0.6 is 11.6 Å². The van der Waals surface area contributed by atoms with Crippen LogP contribution in [-0.4, -0.2) is 19.1 Å². The van der Waals surface area contributed by atoms with Gasteiger partial charge >= 0.3 is 0 Å². The Morgan fingerprint density at radius 2 is 2.12 bits per heavy atom. The Bertz CT molecular complexity index is 585. The summed E-state index contributed by atoms with van der Waals surface area (Å²) in [6.45, 7) is 0. The van der Waals surface area contributed by atoms with E-state index in [4.69, 9.17) is 16.9 Å². The maximum Gasteiger partial charge on any atom is 0.143 e. The van der Waals surface area contributed by atoms with Gasteiger partial charge in [-0.05, 0) is 12.1 Å². The first-order valence-electron chi connectivity index (χ1n) is 4.80. The maximum atomic E-state index is 8.92. The first-order chi connectivity index (χ1) is 7.63. The summed E-state index contributed by atoms with van der Waals surface area (Å²) in [4.78, 5) is 6.16. The predicted octanol–water partition coefficient (Wildman–Crippen LogP) is 2.83. The summed E-state index contributed by atoms with van der Waals surface area (Å²) < 4.78 is 0. The highest BCUT2D eigenvalue weighted by molar-refractivity contribution is 6.35. The number of rotatable bonds is 1. The lowest BCUT2D eigenvalue weighted by Gasteiger charge is -2.15. The Morgan fingerprint density at radius 3 is 2.75 bits per heavy atom. The molecule has 0 radical (unpaired) electrons. The van der Waals surface area contributed by atoms with E-state index >= 15 is 0 Å². The van der Waals surface area contributed by atoms with Gasteiger partial charge in [0.2, 0.25) is 0 Å². The van der Waals surface area contributed by atoms with E-state index < -0.39 is 0 Å². The molecule has 1 aromatic carbocycles. The Kier molecular flexibility index (Phi) is 2.67. The van der Waals surface area contributed by atoms with Gasteiger partial charge in [-0.1, -0.05) is 23.7 Å². The van der Waals surface area contributed by atoms with Crippen molar-refractivity contribution in [2.75, 3.05) is 19.0 Å². The highest BCUT2D eigenvalue weighted by Gasteiger charge is 2.09. The molecule has 0 N–H and O–H groups in total. The van der Waals surface area contributed by atoms with Gasteiger partial charge in [-0.15, -0.1) is 0 Å². The molecule has 16 heavy (non-hydrogen) atoms. The lowest BCUT2D eigenvalue weighted by atomic mass is 10.1. The highest BCUT2D eigenvalue weighted by atomic mass is 35.5. The number of nitriles is 1. The number of hydrogen-bond donors (Lipinski definition) is 0. The largest absolute Gasteiger partial charge is 0.377 e. The average Bonchev–Trinajstić information content (AvgIpc) is 2.28. The van der Waals surface area contributed by atoms with E-state index in [1.807, 2.05) is 37.2 Å². The molecule has 0 saturated heterocycles. The van der Waals surface area contributed by atoms with Crippen LogP contribution in [0.4, 0.5) is 5.69 Å². The first kappa shape index (κ1) is 10.7. The van der Waals surface area contributed by atoms with Gasteiger partial charge in [0.25, 0.3) is 0 Å². The standard InChI is InChI=1S/C12H10ClN3/c1-16(2)11-6-8(7-14)15-12-9(11)4-3-5-10(12)13/h3-6H,1-2H3. The number of anilines is 1. The Labute approximate surface area is 98.9 Å². The Hall–Kier alpha value is -1.79. The fourth-order valence-electron chi connectivity index (χ4n) is 1.62. The van der Waals surface area contributed by atoms with E-state index in [2.05, 4.69) is 4.98 Å². The Balaban J connectivity index is 2.89. The third-order valence-corrected chi connectivity index (χ3v) is 2.67. The number of fused-ring (bicyclic) bond motifs is 1. The predicted molar refractivity (Wildman–Crippen MR) is 65.8 cm³/mol. The number of nitrogens with zero attached hydrogens (tertiary/aromatic N) is 3. The normalized spacial score (nSPS) is 10.1. The molecule has 2 rings (SSSR count). The second kappa shape index (κ2) is 3.99. The number of aromatic nitrogens is 1. The molecule has 0 unspecified atom stereocenters. The van der Waals surface area contributed by atoms with Crippen molar-refractivity contribution < 1.29 is 0 Å². The minimum Gasteiger partial charge on any atom is -0.377 e. The summed E-state index contributed by atoms with van der Waals surface area (Å²) in [5, 5.41) is 10.4. The van der Waals surface area contributed by atoms with Crippen molar-refractivity contribution in [1.82, 2.24) is 4.98 Å². The number of para-hydroxylation sites is 1. The fourth-order valence-corrected chi connectivity index (χ4v) is 1.84. The molecular weight excluding hydrogens is 222 g/mol. The molecular formula is C12H10ClN3. The third kappa shape index (κ3) is 1.68. The van der Waals surface area contributed by atoms with Crippen LogP contribution in [0.15, 0.2) is 24.3 Å². The van der Waals surface area contributed by atoms with E-state index in [0.717, 1.165) is 11.1 Å². The molecule has 0 saturated carbocycles. The zero-order valence-electron chi connectivity index (χ0n) is 9.03. The number of halogens is 1. The topological polar surface area (TPSA) is 39.9 Å². The molecule has 3 nitrogen and oxygen atoms in total. The SMILES string of the molecule is CN(C)c1cc(C#N)nc2c(Cl)cccc12. The maximum absolute atomic E-state index is 8.92. The van der Waals surface area contributed by atoms with Gasteiger partial charge in [-0.25, -0.2) is 4.98 Å². The van der Waals surface area contributed by atoms with Crippen LogP contribution < -0.4 is 4.90 Å². The molecule has 0 amide bonds. The van der Waals surface area contributed by atoms with Crippen molar-refractivity contribution in [3.05, 3.63) is 35.0 Å². The molecule has 2 aromatic rings. The average molecular weight is 232 g/mol. The van der Waals surface area contributed by atoms with Crippen LogP contribution in [0.1, 0.15) is 5.69 Å². The zero-order valence-corrected chi connectivity index (χ0v) is 9.78. The Morgan fingerprint density at radius 1 is 1.38 bits per heavy atom. The monoisotopic (exact) mass is 231 g/mol. The van der Waals surface area contributed by atoms with Crippen LogP contribution in [0.3, 0.4) is 0 Å². The number of hydrogen-bond acceptors (Lipinski definition) is 3. The minimum absolute atomic E-state index is 0.379. The lowest BCUT2D eigenvalue weighted by Crippen LogP contribution is -2.10. The van der Waals surface area contributed by atoms with Crippen LogP contribution in [0.25, 0.3) is 10.9 Å². The second-order valence-corrected chi connectivity index (χ2v) is 4.08. The van der Waals surface area contributed by atoms with Crippen LogP contribution in [-0.2, 0) is 0 Å². The minimum atomic E-state index is 0.379. The van der Waals surface area contributed by atoms with Gasteiger partial charge < -0.3 is 4.90 Å². The summed E-state index contributed by atoms with van der Waals surface area (Å²) in [7, 11) is 3.85. The van der Waals surface area contributed by atoms with Gasteiger partial charge in [-0.3, -0.25) is 0 Å². The van der Waals surface area contributed by atoms with Gasteiger partial charge in [0.15, 0.2) is 0 Å². The molecule has 4 heteroatoms. The molecule has 80 valence electrons. The summed E-state index contributed by atoms with van der Waals surface area (Å²) in [5.41, 5.74) is 2.00. The summed E-state index contributed by atoms with van der Waals surface area (Å²) in [6.07, 6.45) is 0. The van der Waals surface area contributed by atoms with Crippen molar-refractivity contribution in [2.24, 2.45) is 0 Å². The first-order valence-corrected chi connectivity index (χ1v) is 5.18. The summed E-state index contributed by atoms with van der Waals surface area (Å²) in [6, 6.07) is 9.41. The van der Waals surface area contributed by atoms with E-state index in [-0.39, 0.29) is 0 Å². The molecule has 1 heterocycles. The van der Waals surface area contributed by atoms with Gasteiger partial charge in [0.1, 0.15) is 11.8 Å². The summed E-state index contributed by atoms with van der Waals surface area (Å²) >= 11 is 6.07. The fraction of sp³-hybridized carbons (Fsp3) is 0.167. The van der Waals surface area contributed by atoms with Crippen LogP contribution in [0.5, 0.6) is 0 Å². The zero-order chi connectivity index (χ0) is 11.7. The number of benzene rings is 1. The molecule has 0 spiro atoms. The van der Waals surface area contributed by atoms with Crippen LogP contribution in [0, 0.1) is 11.3 Å². The number of pyridine rings is 1. The molecule has 0 aliphatic heterocycles. The van der Waals surface area contributed by atoms with Crippen molar-refractivity contribution >= 4 is 28.2 Å². The van der Waals surface area contributed by atoms with E-state index in [1.54, 1.807) is 12.1 Å². The smallest absolute Gasteiger partial charge is 0.143 e. The molecule has 0 aliphatic carbocycles. The third-order valence-electron chi connectivity index (χ3n) is 2.36. The van der Waals surface area contributed by atoms with Crippen molar-refractivity contribution in [3.63, 3.8) is 0 Å². The van der Waals surface area contributed by atoms with Gasteiger partial charge in [0.05, 0.1) is 10.5 Å². The quantitative estimate of drug-likeness (QED) is 0.758. The molecule has 0 fully saturated rings. The second-order valence-electron chi connectivity index (χ2n) is 3.67. The van der Waals surface area contributed by atoms with Crippen molar-refractivity contribution in [3.8, 4) is 6.07 Å².